The standard InChI is InChI=1S/C29H28FN3O4/c30-22-9-5-20(6-10-22)19-33-26(24-3-1-2-4-25(24)28(33)35)31-23-11-7-21(8-12-23)27(34)32-15-13-29(14-16-32)36-17-18-37-29/h1-12,26,31H,13-19H2. The third-order valence-electron chi connectivity index (χ3n) is 7.39. The lowest BCUT2D eigenvalue weighted by atomic mass is 10.0. The number of piperidine rings is 1. The zero-order chi connectivity index (χ0) is 25.4. The summed E-state index contributed by atoms with van der Waals surface area (Å²) >= 11 is 0. The van der Waals surface area contributed by atoms with E-state index in [1.54, 1.807) is 17.0 Å². The quantitative estimate of drug-likeness (QED) is 0.555. The predicted molar refractivity (Wildman–Crippen MR) is 135 cm³/mol. The molecule has 3 aliphatic heterocycles. The van der Waals surface area contributed by atoms with Gasteiger partial charge in [-0.25, -0.2) is 4.39 Å². The van der Waals surface area contributed by atoms with Gasteiger partial charge < -0.3 is 24.6 Å². The summed E-state index contributed by atoms with van der Waals surface area (Å²) in [5, 5.41) is 3.46. The third kappa shape index (κ3) is 4.58. The van der Waals surface area contributed by atoms with E-state index >= 15 is 0 Å². The van der Waals surface area contributed by atoms with Crippen molar-refractivity contribution < 1.29 is 23.5 Å². The molecule has 2 saturated heterocycles. The first kappa shape index (κ1) is 23.6. The van der Waals surface area contributed by atoms with Crippen LogP contribution in [0.1, 0.15) is 50.9 Å². The van der Waals surface area contributed by atoms with E-state index < -0.39 is 5.79 Å². The largest absolute Gasteiger partial charge is 0.361 e. The molecule has 0 saturated carbocycles. The summed E-state index contributed by atoms with van der Waals surface area (Å²) in [5.41, 5.74) is 3.77. The van der Waals surface area contributed by atoms with Crippen LogP contribution < -0.4 is 5.32 Å². The lowest BCUT2D eigenvalue weighted by Gasteiger charge is -2.37. The molecule has 2 amide bonds. The Morgan fingerprint density at radius 2 is 1.62 bits per heavy atom. The number of amides is 2. The normalized spacial score (nSPS) is 20.4. The molecule has 6 rings (SSSR count). The minimum absolute atomic E-state index is 0.0151. The smallest absolute Gasteiger partial charge is 0.256 e. The lowest BCUT2D eigenvalue weighted by molar-refractivity contribution is -0.181. The van der Waals surface area contributed by atoms with Crippen molar-refractivity contribution in [3.8, 4) is 0 Å². The van der Waals surface area contributed by atoms with Crippen LogP contribution in [0.2, 0.25) is 0 Å². The molecule has 3 aliphatic rings. The Hall–Kier alpha value is -3.75. The van der Waals surface area contributed by atoms with Crippen LogP contribution in [0.15, 0.2) is 72.8 Å². The highest BCUT2D eigenvalue weighted by molar-refractivity contribution is 5.99. The van der Waals surface area contributed by atoms with Crippen LogP contribution >= 0.6 is 0 Å². The maximum Gasteiger partial charge on any atom is 0.256 e. The highest BCUT2D eigenvalue weighted by Gasteiger charge is 2.41. The molecule has 0 bridgehead atoms. The highest BCUT2D eigenvalue weighted by Crippen LogP contribution is 2.36. The molecule has 3 aromatic carbocycles. The molecule has 3 aromatic rings. The van der Waals surface area contributed by atoms with Gasteiger partial charge in [-0.05, 0) is 48.0 Å². The van der Waals surface area contributed by atoms with Crippen LogP contribution in [0.4, 0.5) is 10.1 Å². The first-order chi connectivity index (χ1) is 18.0. The number of anilines is 1. The van der Waals surface area contributed by atoms with Gasteiger partial charge in [-0.3, -0.25) is 9.59 Å². The zero-order valence-corrected chi connectivity index (χ0v) is 20.4. The summed E-state index contributed by atoms with van der Waals surface area (Å²) in [5.74, 6) is -0.922. The van der Waals surface area contributed by atoms with Crippen LogP contribution in [0, 0.1) is 5.82 Å². The van der Waals surface area contributed by atoms with Crippen LogP contribution in [0.25, 0.3) is 0 Å². The number of hydrogen-bond acceptors (Lipinski definition) is 5. The van der Waals surface area contributed by atoms with Crippen LogP contribution in [0.5, 0.6) is 0 Å². The SMILES string of the molecule is O=C(c1ccc(NC2c3ccccc3C(=O)N2Cc2ccc(F)cc2)cc1)N1CCC2(CC1)OCCO2. The number of ether oxygens (including phenoxy) is 2. The second-order valence-corrected chi connectivity index (χ2v) is 9.67. The average Bonchev–Trinajstić information content (AvgIpc) is 3.49. The van der Waals surface area contributed by atoms with E-state index in [1.807, 2.05) is 53.4 Å². The average molecular weight is 502 g/mol. The Morgan fingerprint density at radius 3 is 2.32 bits per heavy atom. The van der Waals surface area contributed by atoms with E-state index in [9.17, 15) is 14.0 Å². The topological polar surface area (TPSA) is 71.1 Å². The molecule has 190 valence electrons. The molecular weight excluding hydrogens is 473 g/mol. The van der Waals surface area contributed by atoms with Gasteiger partial charge in [0.1, 0.15) is 12.0 Å². The van der Waals surface area contributed by atoms with Crippen LogP contribution in [-0.4, -0.2) is 53.7 Å². The second-order valence-electron chi connectivity index (χ2n) is 9.67. The molecule has 1 N–H and O–H groups in total. The molecule has 0 radical (unpaired) electrons. The van der Waals surface area contributed by atoms with E-state index in [1.165, 1.54) is 12.1 Å². The second kappa shape index (κ2) is 9.61. The third-order valence-corrected chi connectivity index (χ3v) is 7.39. The summed E-state index contributed by atoms with van der Waals surface area (Å²) in [6.07, 6.45) is 0.967. The summed E-state index contributed by atoms with van der Waals surface area (Å²) in [7, 11) is 0. The monoisotopic (exact) mass is 501 g/mol. The van der Waals surface area contributed by atoms with Crippen molar-refractivity contribution in [3.05, 3.63) is 101 Å². The van der Waals surface area contributed by atoms with Gasteiger partial charge in [0.05, 0.1) is 13.2 Å². The van der Waals surface area contributed by atoms with E-state index in [0.717, 1.165) is 16.8 Å². The van der Waals surface area contributed by atoms with Crippen molar-refractivity contribution in [1.29, 1.82) is 0 Å². The number of nitrogens with zero attached hydrogens (tertiary/aromatic N) is 2. The number of likely N-dealkylation sites (tertiary alicyclic amines) is 1. The highest BCUT2D eigenvalue weighted by atomic mass is 19.1. The van der Waals surface area contributed by atoms with Crippen molar-refractivity contribution in [3.63, 3.8) is 0 Å². The zero-order valence-electron chi connectivity index (χ0n) is 20.4. The van der Waals surface area contributed by atoms with Crippen molar-refractivity contribution in [2.24, 2.45) is 0 Å². The Kier molecular flexibility index (Phi) is 6.14. The predicted octanol–water partition coefficient (Wildman–Crippen LogP) is 4.57. The van der Waals surface area contributed by atoms with E-state index in [2.05, 4.69) is 5.32 Å². The molecule has 0 aromatic heterocycles. The molecule has 3 heterocycles. The first-order valence-corrected chi connectivity index (χ1v) is 12.6. The fourth-order valence-electron chi connectivity index (χ4n) is 5.36. The summed E-state index contributed by atoms with van der Waals surface area (Å²) in [4.78, 5) is 29.9. The van der Waals surface area contributed by atoms with Crippen molar-refractivity contribution in [1.82, 2.24) is 9.80 Å². The molecule has 7 nitrogen and oxygen atoms in total. The summed E-state index contributed by atoms with van der Waals surface area (Å²) < 4.78 is 24.9. The minimum atomic E-state index is -0.515. The number of halogens is 1. The van der Waals surface area contributed by atoms with Crippen molar-refractivity contribution >= 4 is 17.5 Å². The van der Waals surface area contributed by atoms with Gasteiger partial charge in [0.25, 0.3) is 11.8 Å². The number of nitrogens with one attached hydrogen (secondary N) is 1. The van der Waals surface area contributed by atoms with E-state index in [4.69, 9.17) is 9.47 Å². The Bertz CT molecular complexity index is 1300. The van der Waals surface area contributed by atoms with Gasteiger partial charge in [0.2, 0.25) is 0 Å². The van der Waals surface area contributed by atoms with Crippen LogP contribution in [0.3, 0.4) is 0 Å². The molecule has 2 fully saturated rings. The maximum atomic E-state index is 13.4. The number of carbonyl (C=O) groups excluding carboxylic acids is 2. The summed E-state index contributed by atoms with van der Waals surface area (Å²) in [6.45, 7) is 2.75. The Labute approximate surface area is 214 Å². The van der Waals surface area contributed by atoms with E-state index in [-0.39, 0.29) is 23.8 Å². The molecular formula is C29H28FN3O4. The summed E-state index contributed by atoms with van der Waals surface area (Å²) in [6, 6.07) is 21.1. The van der Waals surface area contributed by atoms with Gasteiger partial charge in [0.15, 0.2) is 5.79 Å². The fourth-order valence-corrected chi connectivity index (χ4v) is 5.36. The molecule has 1 spiro atoms. The molecule has 0 aliphatic carbocycles. The number of benzene rings is 3. The maximum absolute atomic E-state index is 13.4. The molecule has 37 heavy (non-hydrogen) atoms. The Balaban J connectivity index is 1.17. The van der Waals surface area contributed by atoms with Gasteiger partial charge >= 0.3 is 0 Å². The van der Waals surface area contributed by atoms with Gasteiger partial charge in [-0.2, -0.15) is 0 Å². The lowest BCUT2D eigenvalue weighted by Crippen LogP contribution is -2.47. The number of fused-ring (bicyclic) bond motifs is 1. The van der Waals surface area contributed by atoms with Gasteiger partial charge in [-0.15, -0.1) is 0 Å². The number of rotatable bonds is 5. The van der Waals surface area contributed by atoms with Gasteiger partial charge in [0, 0.05) is 54.9 Å². The molecule has 8 heteroatoms. The Morgan fingerprint density at radius 1 is 0.946 bits per heavy atom. The van der Waals surface area contributed by atoms with Crippen molar-refractivity contribution in [2.75, 3.05) is 31.6 Å². The molecule has 1 atom stereocenters. The molecule has 1 unspecified atom stereocenters. The fraction of sp³-hybridized carbons (Fsp3) is 0.310. The van der Waals surface area contributed by atoms with Crippen molar-refractivity contribution in [2.45, 2.75) is 31.3 Å². The van der Waals surface area contributed by atoms with Crippen LogP contribution in [-0.2, 0) is 16.0 Å². The van der Waals surface area contributed by atoms with Gasteiger partial charge in [-0.1, -0.05) is 30.3 Å². The number of hydrogen-bond donors (Lipinski definition) is 1. The number of carbonyl (C=O) groups is 2. The minimum Gasteiger partial charge on any atom is -0.361 e. The van der Waals surface area contributed by atoms with E-state index in [0.29, 0.717) is 56.8 Å². The first-order valence-electron chi connectivity index (χ1n) is 12.6.